The smallest absolute Gasteiger partial charge is 0.472 e. The zero-order valence-electron chi connectivity index (χ0n) is 36.1. The normalized spacial score (nSPS) is 19.6. The van der Waals surface area contributed by atoms with Crippen LogP contribution in [0.25, 0.3) is 0 Å². The van der Waals surface area contributed by atoms with Crippen LogP contribution in [0, 0.1) is 11.8 Å². The Morgan fingerprint density at radius 3 is 1.95 bits per heavy atom. The number of hydrogen-bond donors (Lipinski definition) is 5. The molecule has 14 nitrogen and oxygen atoms in total. The van der Waals surface area contributed by atoms with E-state index in [4.69, 9.17) is 24.8 Å². The molecular formula is C44H78NO13P. The van der Waals surface area contributed by atoms with Crippen LogP contribution in [-0.2, 0) is 42.3 Å². The maximum atomic E-state index is 12.7. The van der Waals surface area contributed by atoms with Crippen molar-refractivity contribution in [2.75, 3.05) is 19.8 Å². The molecule has 0 amide bonds. The van der Waals surface area contributed by atoms with Crippen LogP contribution >= 0.6 is 7.82 Å². The second-order valence-electron chi connectivity index (χ2n) is 16.0. The number of aliphatic hydroxyl groups is 2. The number of phosphoric acid groups is 1. The quantitative estimate of drug-likeness (QED) is 0.0170. The number of carbonyl (C=O) groups excluding carboxylic acids is 3. The van der Waals surface area contributed by atoms with Crippen molar-refractivity contribution in [3.63, 3.8) is 0 Å². The van der Waals surface area contributed by atoms with Crippen molar-refractivity contribution < 1.29 is 62.5 Å². The molecular weight excluding hydrogens is 781 g/mol. The topological polar surface area (TPSA) is 229 Å². The summed E-state index contributed by atoms with van der Waals surface area (Å²) < 4.78 is 32.7. The van der Waals surface area contributed by atoms with Crippen LogP contribution in [0.3, 0.4) is 0 Å². The summed E-state index contributed by atoms with van der Waals surface area (Å²) in [4.78, 5) is 58.8. The van der Waals surface area contributed by atoms with Gasteiger partial charge in [0.15, 0.2) is 6.10 Å². The van der Waals surface area contributed by atoms with Crippen LogP contribution in [0.2, 0.25) is 0 Å². The average Bonchev–Trinajstić information content (AvgIpc) is 3.47. The molecule has 1 aliphatic rings. The van der Waals surface area contributed by atoms with Gasteiger partial charge in [-0.05, 0) is 51.4 Å². The van der Waals surface area contributed by atoms with Gasteiger partial charge >= 0.3 is 25.7 Å². The third-order valence-electron chi connectivity index (χ3n) is 10.6. The van der Waals surface area contributed by atoms with Crippen molar-refractivity contribution in [3.05, 3.63) is 24.3 Å². The number of carbonyl (C=O) groups is 4. The van der Waals surface area contributed by atoms with Gasteiger partial charge < -0.3 is 35.4 Å². The van der Waals surface area contributed by atoms with Gasteiger partial charge in [-0.15, -0.1) is 0 Å². The largest absolute Gasteiger partial charge is 0.480 e. The minimum Gasteiger partial charge on any atom is -0.480 e. The SMILES string of the molecule is CCCCCC/C=C\CCCCCCCCCC(=O)OC[C@H](COP(=O)(O)OC[C@H](N)C(=O)O)OC(=O)CCCCCC[C@H]1C(=O)C[C@@H](O)[C@@H]1/C=C/[C@@H](O)CCCCC. The van der Waals surface area contributed by atoms with Gasteiger partial charge in [0.25, 0.3) is 0 Å². The highest BCUT2D eigenvalue weighted by molar-refractivity contribution is 7.47. The highest BCUT2D eigenvalue weighted by Crippen LogP contribution is 2.43. The molecule has 7 atom stereocenters. The molecule has 0 radical (unpaired) electrons. The average molecular weight is 860 g/mol. The summed E-state index contributed by atoms with van der Waals surface area (Å²) >= 11 is 0. The van der Waals surface area contributed by atoms with Gasteiger partial charge in [-0.1, -0.05) is 128 Å². The number of ether oxygens (including phenoxy) is 2. The summed E-state index contributed by atoms with van der Waals surface area (Å²) in [6.45, 7) is 2.44. The van der Waals surface area contributed by atoms with Gasteiger partial charge in [-0.25, -0.2) is 4.57 Å². The Labute approximate surface area is 353 Å². The fourth-order valence-corrected chi connectivity index (χ4v) is 7.73. The van der Waals surface area contributed by atoms with Crippen LogP contribution in [-0.4, -0.2) is 88.1 Å². The molecule has 0 heterocycles. The maximum absolute atomic E-state index is 12.7. The van der Waals surface area contributed by atoms with E-state index in [2.05, 4.69) is 30.5 Å². The van der Waals surface area contributed by atoms with E-state index in [9.17, 15) is 38.8 Å². The van der Waals surface area contributed by atoms with Crippen molar-refractivity contribution in [2.45, 2.75) is 199 Å². The van der Waals surface area contributed by atoms with E-state index in [-0.39, 0.29) is 36.9 Å². The van der Waals surface area contributed by atoms with Crippen molar-refractivity contribution >= 4 is 31.5 Å². The van der Waals surface area contributed by atoms with E-state index in [0.717, 1.165) is 57.8 Å². The number of Topliss-reactive ketones (excluding diaryl/α,β-unsaturated/α-hetero) is 1. The monoisotopic (exact) mass is 860 g/mol. The van der Waals surface area contributed by atoms with E-state index >= 15 is 0 Å². The lowest BCUT2D eigenvalue weighted by atomic mass is 9.88. The lowest BCUT2D eigenvalue weighted by Gasteiger charge is -2.20. The zero-order valence-corrected chi connectivity index (χ0v) is 37.0. The maximum Gasteiger partial charge on any atom is 0.472 e. The number of nitrogens with two attached hydrogens (primary N) is 1. The van der Waals surface area contributed by atoms with Gasteiger partial charge in [0.1, 0.15) is 18.4 Å². The lowest BCUT2D eigenvalue weighted by Crippen LogP contribution is -2.34. The van der Waals surface area contributed by atoms with Gasteiger partial charge in [0.2, 0.25) is 0 Å². The van der Waals surface area contributed by atoms with Gasteiger partial charge in [-0.3, -0.25) is 28.2 Å². The number of phosphoric ester groups is 1. The highest BCUT2D eigenvalue weighted by Gasteiger charge is 2.39. The van der Waals surface area contributed by atoms with E-state index in [1.165, 1.54) is 44.9 Å². The summed E-state index contributed by atoms with van der Waals surface area (Å²) in [6.07, 6.45) is 27.1. The van der Waals surface area contributed by atoms with Crippen LogP contribution in [0.15, 0.2) is 24.3 Å². The van der Waals surface area contributed by atoms with Gasteiger partial charge in [-0.2, -0.15) is 0 Å². The number of hydrogen-bond acceptors (Lipinski definition) is 12. The molecule has 15 heteroatoms. The number of esters is 2. The van der Waals surface area contributed by atoms with Crippen molar-refractivity contribution in [1.29, 1.82) is 0 Å². The molecule has 6 N–H and O–H groups in total. The molecule has 0 bridgehead atoms. The first-order chi connectivity index (χ1) is 28.3. The third kappa shape index (κ3) is 28.7. The molecule has 1 rings (SSSR count). The van der Waals surface area contributed by atoms with Crippen molar-refractivity contribution in [1.82, 2.24) is 0 Å². The fourth-order valence-electron chi connectivity index (χ4n) is 6.96. The van der Waals surface area contributed by atoms with Crippen molar-refractivity contribution in [2.24, 2.45) is 17.6 Å². The number of carboxylic acid groups (broad SMARTS) is 1. The van der Waals surface area contributed by atoms with Gasteiger partial charge in [0.05, 0.1) is 25.4 Å². The Kier molecular flexibility index (Phi) is 31.6. The van der Waals surface area contributed by atoms with Crippen LogP contribution in [0.5, 0.6) is 0 Å². The summed E-state index contributed by atoms with van der Waals surface area (Å²) in [7, 11) is -4.78. The van der Waals surface area contributed by atoms with Crippen LogP contribution < -0.4 is 5.73 Å². The molecule has 342 valence electrons. The van der Waals surface area contributed by atoms with Crippen LogP contribution in [0.1, 0.15) is 174 Å². The highest BCUT2D eigenvalue weighted by atomic mass is 31.2. The molecule has 1 fully saturated rings. The van der Waals surface area contributed by atoms with E-state index in [1.54, 1.807) is 12.2 Å². The van der Waals surface area contributed by atoms with Crippen molar-refractivity contribution in [3.8, 4) is 0 Å². The van der Waals surface area contributed by atoms with E-state index in [0.29, 0.717) is 38.5 Å². The summed E-state index contributed by atoms with van der Waals surface area (Å²) in [5.41, 5.74) is 5.33. The minimum atomic E-state index is -4.78. The fraction of sp³-hybridized carbons (Fsp3) is 0.818. The standard InChI is InChI=1S/C44H78NO13P/c1-3-5-7-8-9-10-11-12-13-14-15-16-17-18-23-27-42(49)55-32-36(33-56-59(53,54)57-34-39(45)44(51)52)58-43(50)28-24-20-19-22-26-37-38(41(48)31-40(37)47)30-29-35(46)25-21-6-4-2/h10-11,29-30,35-39,41,46,48H,3-9,12-28,31-34,45H2,1-2H3,(H,51,52)(H,53,54)/b11-10-,30-29+/t35-,36+,37+,38+,39-,41+/m0/s1. The molecule has 0 aliphatic heterocycles. The number of ketones is 1. The number of aliphatic hydroxyl groups excluding tert-OH is 2. The van der Waals surface area contributed by atoms with E-state index < -0.39 is 69.9 Å². The molecule has 0 saturated heterocycles. The summed E-state index contributed by atoms with van der Waals surface area (Å²) in [5, 5.41) is 29.6. The zero-order chi connectivity index (χ0) is 43.7. The molecule has 0 aromatic rings. The summed E-state index contributed by atoms with van der Waals surface area (Å²) in [6, 6.07) is -1.56. The molecule has 0 spiro atoms. The first-order valence-electron chi connectivity index (χ1n) is 22.5. The summed E-state index contributed by atoms with van der Waals surface area (Å²) in [5.74, 6) is -3.21. The number of aliphatic carboxylic acids is 1. The lowest BCUT2D eigenvalue weighted by molar-refractivity contribution is -0.161. The molecule has 59 heavy (non-hydrogen) atoms. The number of unbranched alkanes of at least 4 members (excludes halogenated alkanes) is 16. The predicted molar refractivity (Wildman–Crippen MR) is 227 cm³/mol. The molecule has 0 aromatic carbocycles. The number of rotatable bonds is 38. The molecule has 1 saturated carbocycles. The first kappa shape index (κ1) is 54.6. The van der Waals surface area contributed by atoms with Crippen LogP contribution in [0.4, 0.5) is 0 Å². The number of carboxylic acids is 1. The number of allylic oxidation sites excluding steroid dienone is 2. The Bertz CT molecular complexity index is 1260. The Balaban J connectivity index is 2.47. The first-order valence-corrected chi connectivity index (χ1v) is 24.0. The predicted octanol–water partition coefficient (Wildman–Crippen LogP) is 8.43. The molecule has 1 unspecified atom stereocenters. The third-order valence-corrected chi connectivity index (χ3v) is 11.5. The Morgan fingerprint density at radius 1 is 0.780 bits per heavy atom. The molecule has 0 aromatic heterocycles. The Morgan fingerprint density at radius 2 is 1.32 bits per heavy atom. The minimum absolute atomic E-state index is 0.0146. The van der Waals surface area contributed by atoms with E-state index in [1.807, 2.05) is 0 Å². The Hall–Kier alpha value is -2.45. The molecule has 1 aliphatic carbocycles. The second-order valence-corrected chi connectivity index (χ2v) is 17.4. The van der Waals surface area contributed by atoms with Gasteiger partial charge in [0, 0.05) is 31.1 Å². The second kappa shape index (κ2) is 34.2.